The number of hydrogen-bond donors (Lipinski definition) is 1. The molecule has 3 aromatic carbocycles. The van der Waals surface area contributed by atoms with Crippen LogP contribution >= 0.6 is 10.9 Å². The Morgan fingerprint density at radius 1 is 0.848 bits per heavy atom. The van der Waals surface area contributed by atoms with Gasteiger partial charge in [0.25, 0.3) is 0 Å². The average Bonchev–Trinajstić information content (AvgIpc) is 3.13. The van der Waals surface area contributed by atoms with Gasteiger partial charge in [-0.2, -0.15) is 10.5 Å². The molecule has 0 saturated carbocycles. The van der Waals surface area contributed by atoms with Gasteiger partial charge in [-0.1, -0.05) is 128 Å². The molecule has 2 nitrogen and oxygen atoms in total. The highest BCUT2D eigenvalue weighted by molar-refractivity contribution is 8.18. The van der Waals surface area contributed by atoms with Gasteiger partial charge in [0, 0.05) is 16.4 Å². The molecule has 0 bridgehead atoms. The van der Waals surface area contributed by atoms with Gasteiger partial charge in [0.1, 0.15) is 0 Å². The van der Waals surface area contributed by atoms with E-state index < -0.39 is 10.9 Å². The van der Waals surface area contributed by atoms with E-state index in [0.29, 0.717) is 21.6 Å². The minimum Gasteiger partial charge on any atom is -0.213 e. The Balaban J connectivity index is 1.42. The molecule has 0 amide bonds. The van der Waals surface area contributed by atoms with Crippen molar-refractivity contribution in [3.63, 3.8) is 0 Å². The molecule has 0 aliphatic heterocycles. The van der Waals surface area contributed by atoms with Crippen molar-refractivity contribution in [1.29, 1.82) is 10.5 Å². The Morgan fingerprint density at radius 2 is 1.59 bits per heavy atom. The van der Waals surface area contributed by atoms with Crippen molar-refractivity contribution in [1.82, 2.24) is 0 Å². The quantitative estimate of drug-likeness (QED) is 0.193. The van der Waals surface area contributed by atoms with E-state index in [4.69, 9.17) is 0 Å². The maximum atomic E-state index is 9.70. The molecule has 0 aromatic heterocycles. The van der Waals surface area contributed by atoms with Crippen LogP contribution in [0, 0.1) is 28.6 Å². The summed E-state index contributed by atoms with van der Waals surface area (Å²) in [7, 11) is -0.568. The van der Waals surface area contributed by atoms with E-state index in [1.807, 2.05) is 24.3 Å². The van der Waals surface area contributed by atoms with E-state index >= 15 is 0 Å². The van der Waals surface area contributed by atoms with Crippen molar-refractivity contribution in [2.45, 2.75) is 41.1 Å². The first-order valence-corrected chi connectivity index (χ1v) is 17.4. The normalized spacial score (nSPS) is 21.2. The molecule has 0 N–H and O–H groups in total. The molecular weight excluding hydrogens is 577 g/mol. The lowest BCUT2D eigenvalue weighted by atomic mass is 9.79. The van der Waals surface area contributed by atoms with Crippen molar-refractivity contribution in [2.24, 2.45) is 5.92 Å². The van der Waals surface area contributed by atoms with Gasteiger partial charge < -0.3 is 0 Å². The van der Waals surface area contributed by atoms with E-state index in [9.17, 15) is 10.5 Å². The third-order valence-corrected chi connectivity index (χ3v) is 12.1. The Bertz CT molecular complexity index is 1890. The summed E-state index contributed by atoms with van der Waals surface area (Å²) in [5.41, 5.74) is 9.15. The number of allylic oxidation sites excluding steroid dienone is 12. The number of thiol groups is 1. The highest BCUT2D eigenvalue weighted by atomic mass is 32.2. The van der Waals surface area contributed by atoms with Crippen molar-refractivity contribution >= 4 is 22.0 Å². The molecule has 6 rings (SSSR count). The number of benzene rings is 3. The highest BCUT2D eigenvalue weighted by Crippen LogP contribution is 2.53. The summed E-state index contributed by atoms with van der Waals surface area (Å²) in [6, 6.07) is 29.4. The Labute approximate surface area is 276 Å². The first-order valence-electron chi connectivity index (χ1n) is 15.9. The standard InChI is InChI=1S/C43H38N2S/c1-3-31(2)21-36-15-10-11-20-43(36)46(41-17-8-5-9-18-41)42-19-12-16-35(28-42)39-25-38(34-13-6-4-7-14-34)26-40(27-39)37-23-32(29-44)22-33(24-37)30-45/h3-17,20,22-24,26-28,39,41-42,46H,1-2,18-19,21,25H2/t39-,41?,42?/m1/s1. The average molecular weight is 615 g/mol. The maximum Gasteiger partial charge on any atom is 0.0992 e. The van der Waals surface area contributed by atoms with Crippen LogP contribution in [-0.4, -0.2) is 10.5 Å². The van der Waals surface area contributed by atoms with Crippen molar-refractivity contribution in [3.05, 3.63) is 186 Å². The van der Waals surface area contributed by atoms with Crippen LogP contribution < -0.4 is 0 Å². The van der Waals surface area contributed by atoms with E-state index in [2.05, 4.69) is 129 Å². The van der Waals surface area contributed by atoms with E-state index in [0.717, 1.165) is 42.4 Å². The summed E-state index contributed by atoms with van der Waals surface area (Å²) < 4.78 is 0. The fraction of sp³-hybridized carbons (Fsp3) is 0.163. The predicted octanol–water partition coefficient (Wildman–Crippen LogP) is 10.4. The topological polar surface area (TPSA) is 47.6 Å². The molecule has 226 valence electrons. The van der Waals surface area contributed by atoms with E-state index in [1.165, 1.54) is 27.2 Å². The largest absolute Gasteiger partial charge is 0.213 e. The van der Waals surface area contributed by atoms with Gasteiger partial charge in [0.2, 0.25) is 0 Å². The zero-order valence-electron chi connectivity index (χ0n) is 26.0. The second-order valence-corrected chi connectivity index (χ2v) is 14.7. The number of rotatable bonds is 9. The summed E-state index contributed by atoms with van der Waals surface area (Å²) in [4.78, 5) is 1.46. The second kappa shape index (κ2) is 14.3. The highest BCUT2D eigenvalue weighted by Gasteiger charge is 2.29. The van der Waals surface area contributed by atoms with Gasteiger partial charge in [-0.05, 0) is 88.3 Å². The monoisotopic (exact) mass is 614 g/mol. The van der Waals surface area contributed by atoms with Crippen LogP contribution in [0.25, 0.3) is 11.1 Å². The Hall–Kier alpha value is -5.09. The molecule has 0 heterocycles. The van der Waals surface area contributed by atoms with Gasteiger partial charge >= 0.3 is 0 Å². The van der Waals surface area contributed by atoms with Crippen molar-refractivity contribution in [3.8, 4) is 12.1 Å². The van der Waals surface area contributed by atoms with Gasteiger partial charge in [0.15, 0.2) is 0 Å². The van der Waals surface area contributed by atoms with Gasteiger partial charge in [0.05, 0.1) is 23.3 Å². The molecule has 3 aliphatic carbocycles. The predicted molar refractivity (Wildman–Crippen MR) is 195 cm³/mol. The van der Waals surface area contributed by atoms with Crippen LogP contribution in [0.1, 0.15) is 47.1 Å². The minimum absolute atomic E-state index is 0.167. The minimum atomic E-state index is -0.568. The van der Waals surface area contributed by atoms with Crippen LogP contribution in [0.3, 0.4) is 0 Å². The molecule has 0 spiro atoms. The van der Waals surface area contributed by atoms with Gasteiger partial charge in [-0.15, -0.1) is 0 Å². The van der Waals surface area contributed by atoms with Crippen molar-refractivity contribution < 1.29 is 0 Å². The molecule has 0 saturated heterocycles. The fourth-order valence-electron chi connectivity index (χ4n) is 6.71. The summed E-state index contributed by atoms with van der Waals surface area (Å²) in [5, 5.41) is 20.3. The molecule has 3 unspecified atom stereocenters. The molecule has 3 heteroatoms. The van der Waals surface area contributed by atoms with Gasteiger partial charge in [-0.25, -0.2) is 10.9 Å². The lowest BCUT2D eigenvalue weighted by Gasteiger charge is -2.39. The van der Waals surface area contributed by atoms with Crippen LogP contribution in [0.2, 0.25) is 0 Å². The fourth-order valence-corrected chi connectivity index (χ4v) is 9.98. The molecule has 0 radical (unpaired) electrons. The van der Waals surface area contributed by atoms with Crippen LogP contribution in [0.15, 0.2) is 163 Å². The zero-order chi connectivity index (χ0) is 31.9. The van der Waals surface area contributed by atoms with Crippen molar-refractivity contribution in [2.75, 3.05) is 0 Å². The summed E-state index contributed by atoms with van der Waals surface area (Å²) in [6.07, 6.45) is 26.6. The first kappa shape index (κ1) is 30.9. The smallest absolute Gasteiger partial charge is 0.0992 e. The summed E-state index contributed by atoms with van der Waals surface area (Å²) in [5.74, 6) is 0.167. The zero-order valence-corrected chi connectivity index (χ0v) is 26.9. The number of nitrogens with zero attached hydrogens (tertiary/aromatic N) is 2. The molecule has 46 heavy (non-hydrogen) atoms. The first-order chi connectivity index (χ1) is 22.6. The lowest BCUT2D eigenvalue weighted by molar-refractivity contribution is 0.785. The molecule has 4 atom stereocenters. The third-order valence-electron chi connectivity index (χ3n) is 8.97. The molecule has 3 aromatic rings. The van der Waals surface area contributed by atoms with Gasteiger partial charge in [-0.3, -0.25) is 0 Å². The Morgan fingerprint density at radius 3 is 2.30 bits per heavy atom. The van der Waals surface area contributed by atoms with Crippen LogP contribution in [0.4, 0.5) is 0 Å². The molecular formula is C43H38N2S. The maximum absolute atomic E-state index is 9.70. The third kappa shape index (κ3) is 6.92. The number of hydrogen-bond acceptors (Lipinski definition) is 2. The van der Waals surface area contributed by atoms with Crippen LogP contribution in [0.5, 0.6) is 0 Å². The SMILES string of the molecule is C=CC(=C)Cc1ccccc1[SH](C1C=CC=CC1)C1C=C([C@H]2C=C(c3cc(C#N)cc(C#N)c3)C=C(c3ccccc3)C2)C=CC1. The summed E-state index contributed by atoms with van der Waals surface area (Å²) >= 11 is 0. The molecule has 3 aliphatic rings. The Kier molecular flexibility index (Phi) is 9.64. The van der Waals surface area contributed by atoms with E-state index in [1.54, 1.807) is 6.07 Å². The van der Waals surface area contributed by atoms with E-state index in [-0.39, 0.29) is 5.92 Å². The molecule has 0 fully saturated rings. The summed E-state index contributed by atoms with van der Waals surface area (Å²) in [6.45, 7) is 8.22. The van der Waals surface area contributed by atoms with Crippen LogP contribution in [-0.2, 0) is 6.42 Å². The lowest BCUT2D eigenvalue weighted by Crippen LogP contribution is -2.20. The second-order valence-electron chi connectivity index (χ2n) is 12.1. The number of nitriles is 2.